The number of carbonyl (C=O) groups excluding carboxylic acids is 1. The largest absolute Gasteiger partial charge is 0.490 e. The molecule has 2 aromatic carbocycles. The molecule has 0 saturated heterocycles. The highest BCUT2D eigenvalue weighted by Crippen LogP contribution is 2.39. The number of ether oxygens (including phenoxy) is 2. The van der Waals surface area contributed by atoms with E-state index in [0.29, 0.717) is 30.0 Å². The Balaban J connectivity index is 1.58. The average Bonchev–Trinajstić information content (AvgIpc) is 3.45. The molecule has 0 fully saturated rings. The minimum Gasteiger partial charge on any atom is -0.490 e. The zero-order valence-electron chi connectivity index (χ0n) is 19.3. The summed E-state index contributed by atoms with van der Waals surface area (Å²) in [7, 11) is 0. The summed E-state index contributed by atoms with van der Waals surface area (Å²) in [5.41, 5.74) is 3.46. The van der Waals surface area contributed by atoms with Crippen molar-refractivity contribution < 1.29 is 25.3 Å². The van der Waals surface area contributed by atoms with Gasteiger partial charge in [0, 0.05) is 17.7 Å². The molecule has 170 valence electrons. The number of hydrogen-bond donors (Lipinski definition) is 2. The second-order valence-electron chi connectivity index (χ2n) is 7.71. The zero-order chi connectivity index (χ0) is 24.3. The van der Waals surface area contributed by atoms with Crippen molar-refractivity contribution in [2.75, 3.05) is 13.2 Å². The fourth-order valence-electron chi connectivity index (χ4n) is 3.79. The number of nitrogens with one attached hydrogen (secondary N) is 1. The summed E-state index contributed by atoms with van der Waals surface area (Å²) in [4.78, 5) is 16.4. The van der Waals surface area contributed by atoms with Gasteiger partial charge in [0.1, 0.15) is 17.9 Å². The monoisotopic (exact) mass is 449 g/mol. The molecule has 33 heavy (non-hydrogen) atoms. The van der Waals surface area contributed by atoms with Crippen molar-refractivity contribution in [3.8, 4) is 34.7 Å². The standard InChI is InChI=1S/C24H24N4O5/c1-14(2)31-20-8-6-15(12-16(20)13-25)23-27-22(28-33-23)19-5-3-4-18-17(19)7-9-21(18)32-24(30)26-10-11-29/h3-6,8,12,14,21,29H,7,9-11H2,1-2H3,(H,26,30)/t21-/m0/s1/i14D. The number of nitriles is 1. The fourth-order valence-corrected chi connectivity index (χ4v) is 3.79. The van der Waals surface area contributed by atoms with Crippen molar-refractivity contribution in [3.05, 3.63) is 53.1 Å². The van der Waals surface area contributed by atoms with E-state index in [2.05, 4.69) is 21.5 Å². The first-order chi connectivity index (χ1) is 16.3. The Morgan fingerprint density at radius 3 is 3.03 bits per heavy atom. The highest BCUT2D eigenvalue weighted by atomic mass is 16.6. The molecule has 0 unspecified atom stereocenters. The third kappa shape index (κ3) is 4.81. The van der Waals surface area contributed by atoms with E-state index in [1.165, 1.54) is 0 Å². The maximum absolute atomic E-state index is 11.9. The zero-order valence-corrected chi connectivity index (χ0v) is 18.3. The number of rotatable bonds is 7. The minimum atomic E-state index is -1.18. The Hall–Kier alpha value is -3.90. The molecule has 0 aliphatic heterocycles. The number of carbonyl (C=O) groups is 1. The normalized spacial score (nSPS) is 15.3. The molecule has 4 rings (SSSR count). The summed E-state index contributed by atoms with van der Waals surface area (Å²) in [6.07, 6.45) is -0.843. The topological polar surface area (TPSA) is 130 Å². The van der Waals surface area contributed by atoms with Crippen molar-refractivity contribution in [1.82, 2.24) is 15.5 Å². The molecule has 1 amide bonds. The van der Waals surface area contributed by atoms with Crippen LogP contribution in [0, 0.1) is 11.3 Å². The Morgan fingerprint density at radius 2 is 2.27 bits per heavy atom. The van der Waals surface area contributed by atoms with Gasteiger partial charge in [-0.2, -0.15) is 10.2 Å². The van der Waals surface area contributed by atoms with Gasteiger partial charge in [-0.1, -0.05) is 23.4 Å². The molecule has 1 heterocycles. The molecule has 1 atom stereocenters. The summed E-state index contributed by atoms with van der Waals surface area (Å²) in [5, 5.41) is 25.0. The van der Waals surface area contributed by atoms with Gasteiger partial charge in [-0.05, 0) is 56.0 Å². The summed E-state index contributed by atoms with van der Waals surface area (Å²) in [6.45, 7) is 3.14. The molecule has 1 aliphatic carbocycles. The molecule has 0 bridgehead atoms. The van der Waals surface area contributed by atoms with E-state index in [9.17, 15) is 10.1 Å². The van der Waals surface area contributed by atoms with Crippen LogP contribution >= 0.6 is 0 Å². The number of nitrogens with zero attached hydrogens (tertiary/aromatic N) is 3. The Bertz CT molecular complexity index is 1240. The lowest BCUT2D eigenvalue weighted by molar-refractivity contribution is 0.0966. The summed E-state index contributed by atoms with van der Waals surface area (Å²) in [6, 6.07) is 12.6. The highest BCUT2D eigenvalue weighted by Gasteiger charge is 2.29. The third-order valence-corrected chi connectivity index (χ3v) is 5.17. The Labute approximate surface area is 192 Å². The highest BCUT2D eigenvalue weighted by molar-refractivity contribution is 5.69. The molecule has 0 radical (unpaired) electrons. The van der Waals surface area contributed by atoms with E-state index < -0.39 is 18.3 Å². The Morgan fingerprint density at radius 1 is 1.42 bits per heavy atom. The minimum absolute atomic E-state index is 0.131. The number of hydrogen-bond acceptors (Lipinski definition) is 8. The van der Waals surface area contributed by atoms with Crippen LogP contribution < -0.4 is 10.1 Å². The number of benzene rings is 2. The number of aliphatic hydroxyl groups excluding tert-OH is 1. The van der Waals surface area contributed by atoms with Gasteiger partial charge in [0.15, 0.2) is 0 Å². The van der Waals surface area contributed by atoms with E-state index in [-0.39, 0.29) is 24.6 Å². The lowest BCUT2D eigenvalue weighted by Crippen LogP contribution is -2.28. The van der Waals surface area contributed by atoms with Gasteiger partial charge in [-0.25, -0.2) is 4.79 Å². The molecule has 0 saturated carbocycles. The fraction of sp³-hybridized carbons (Fsp3) is 0.333. The molecule has 9 nitrogen and oxygen atoms in total. The number of amides is 1. The van der Waals surface area contributed by atoms with E-state index in [1.807, 2.05) is 18.2 Å². The van der Waals surface area contributed by atoms with Gasteiger partial charge in [-0.3, -0.25) is 0 Å². The van der Waals surface area contributed by atoms with E-state index >= 15 is 0 Å². The summed E-state index contributed by atoms with van der Waals surface area (Å²) in [5.74, 6) is 0.944. The number of fused-ring (bicyclic) bond motifs is 1. The van der Waals surface area contributed by atoms with Crippen molar-refractivity contribution in [2.24, 2.45) is 0 Å². The SMILES string of the molecule is [2H]C(C)(C)Oc1ccc(-c2nc(-c3cccc4c3CC[C@@H]4OC(=O)NCCO)no2)cc1C#N. The number of aromatic nitrogens is 2. The van der Waals surface area contributed by atoms with Crippen LogP contribution in [0.1, 0.15) is 44.4 Å². The quantitative estimate of drug-likeness (QED) is 0.557. The molecule has 2 N–H and O–H groups in total. The maximum Gasteiger partial charge on any atom is 0.407 e. The molecule has 9 heteroatoms. The number of alkyl carbamates (subject to hydrolysis) is 1. The van der Waals surface area contributed by atoms with Crippen LogP contribution in [-0.4, -0.2) is 40.6 Å². The van der Waals surface area contributed by atoms with Crippen LogP contribution in [0.2, 0.25) is 0 Å². The Kier molecular flexibility index (Phi) is 6.17. The van der Waals surface area contributed by atoms with Crippen molar-refractivity contribution in [2.45, 2.75) is 38.9 Å². The van der Waals surface area contributed by atoms with Crippen LogP contribution in [0.25, 0.3) is 22.8 Å². The van der Waals surface area contributed by atoms with Crippen LogP contribution in [0.15, 0.2) is 40.9 Å². The molecule has 1 aromatic heterocycles. The van der Waals surface area contributed by atoms with Gasteiger partial charge < -0.3 is 24.4 Å². The average molecular weight is 449 g/mol. The second kappa shape index (κ2) is 9.71. The van der Waals surface area contributed by atoms with Gasteiger partial charge >= 0.3 is 6.09 Å². The predicted octanol–water partition coefficient (Wildman–Crippen LogP) is 3.77. The second-order valence-corrected chi connectivity index (χ2v) is 7.71. The molecular weight excluding hydrogens is 424 g/mol. The third-order valence-electron chi connectivity index (χ3n) is 5.17. The van der Waals surface area contributed by atoms with Gasteiger partial charge in [0.05, 0.1) is 19.6 Å². The maximum atomic E-state index is 11.9. The van der Waals surface area contributed by atoms with E-state index in [1.54, 1.807) is 32.0 Å². The van der Waals surface area contributed by atoms with Gasteiger partial charge in [0.2, 0.25) is 5.82 Å². The van der Waals surface area contributed by atoms with Crippen LogP contribution in [-0.2, 0) is 11.2 Å². The van der Waals surface area contributed by atoms with Crippen LogP contribution in [0.4, 0.5) is 4.79 Å². The van der Waals surface area contributed by atoms with Crippen LogP contribution in [0.3, 0.4) is 0 Å². The van der Waals surface area contributed by atoms with Crippen molar-refractivity contribution in [1.29, 1.82) is 5.26 Å². The van der Waals surface area contributed by atoms with Gasteiger partial charge in [0.25, 0.3) is 5.89 Å². The lowest BCUT2D eigenvalue weighted by Gasteiger charge is -2.14. The molecule has 3 aromatic rings. The predicted molar refractivity (Wildman–Crippen MR) is 118 cm³/mol. The van der Waals surface area contributed by atoms with Gasteiger partial charge in [-0.15, -0.1) is 0 Å². The first-order valence-electron chi connectivity index (χ1n) is 11.0. The van der Waals surface area contributed by atoms with Crippen molar-refractivity contribution in [3.63, 3.8) is 0 Å². The summed E-state index contributed by atoms with van der Waals surface area (Å²) >= 11 is 0. The van der Waals surface area contributed by atoms with E-state index in [4.69, 9.17) is 20.5 Å². The summed E-state index contributed by atoms with van der Waals surface area (Å²) < 4.78 is 24.4. The molecule has 1 aliphatic rings. The van der Waals surface area contributed by atoms with Crippen LogP contribution in [0.5, 0.6) is 5.75 Å². The van der Waals surface area contributed by atoms with E-state index in [0.717, 1.165) is 16.7 Å². The molecular formula is C24H24N4O5. The lowest BCUT2D eigenvalue weighted by atomic mass is 10.0. The molecule has 0 spiro atoms. The smallest absolute Gasteiger partial charge is 0.407 e. The first-order valence-corrected chi connectivity index (χ1v) is 10.5. The van der Waals surface area contributed by atoms with Crippen molar-refractivity contribution >= 4 is 6.09 Å². The first kappa shape index (κ1) is 21.0. The number of aliphatic hydroxyl groups is 1.